The molecule has 1 atom stereocenters. The van der Waals surface area contributed by atoms with Crippen molar-refractivity contribution in [2.24, 2.45) is 5.73 Å². The molecule has 0 saturated heterocycles. The van der Waals surface area contributed by atoms with Gasteiger partial charge in [0.15, 0.2) is 0 Å². The van der Waals surface area contributed by atoms with Crippen LogP contribution in [0, 0.1) is 0 Å². The number of carbonyl (C=O) groups is 1. The second-order valence-corrected chi connectivity index (χ2v) is 4.19. The summed E-state index contributed by atoms with van der Waals surface area (Å²) in [6.07, 6.45) is 0.753. The number of fused-ring (bicyclic) bond motifs is 1. The predicted octanol–water partition coefficient (Wildman–Crippen LogP) is 0.303. The third-order valence-corrected chi connectivity index (χ3v) is 2.81. The first-order chi connectivity index (χ1) is 8.19. The number of carbonyl (C=O) groups excluding carboxylic acids is 1. The number of anilines is 2. The van der Waals surface area contributed by atoms with Crippen molar-refractivity contribution in [3.8, 4) is 0 Å². The van der Waals surface area contributed by atoms with Crippen LogP contribution in [0.15, 0.2) is 18.2 Å². The topological polar surface area (TPSA) is 87.4 Å². The van der Waals surface area contributed by atoms with E-state index in [0.29, 0.717) is 13.0 Å². The van der Waals surface area contributed by atoms with Crippen LogP contribution in [0.2, 0.25) is 0 Å². The van der Waals surface area contributed by atoms with Gasteiger partial charge < -0.3 is 21.5 Å². The van der Waals surface area contributed by atoms with E-state index in [1.54, 1.807) is 0 Å². The van der Waals surface area contributed by atoms with Gasteiger partial charge in [0.25, 0.3) is 0 Å². The summed E-state index contributed by atoms with van der Waals surface area (Å²) in [6.45, 7) is 0.676. The van der Waals surface area contributed by atoms with Gasteiger partial charge in [0.05, 0.1) is 6.10 Å². The standard InChI is InChI=1S/C12H17N3O2/c13-6-10(16)7-14-9-2-3-11-8(5-9)1-4-12(17)15-11/h2-3,5,10,14,16H,1,4,6-7,13H2,(H,15,17). The molecule has 0 bridgehead atoms. The van der Waals surface area contributed by atoms with Crippen molar-refractivity contribution in [3.63, 3.8) is 0 Å². The Morgan fingerprint density at radius 1 is 1.47 bits per heavy atom. The summed E-state index contributed by atoms with van der Waals surface area (Å²) < 4.78 is 0. The highest BCUT2D eigenvalue weighted by atomic mass is 16.3. The molecule has 1 aliphatic rings. The van der Waals surface area contributed by atoms with Crippen LogP contribution in [-0.2, 0) is 11.2 Å². The van der Waals surface area contributed by atoms with E-state index in [0.717, 1.165) is 23.4 Å². The lowest BCUT2D eigenvalue weighted by atomic mass is 10.0. The lowest BCUT2D eigenvalue weighted by molar-refractivity contribution is -0.116. The van der Waals surface area contributed by atoms with Gasteiger partial charge in [0.1, 0.15) is 0 Å². The highest BCUT2D eigenvalue weighted by Crippen LogP contribution is 2.25. The fourth-order valence-corrected chi connectivity index (χ4v) is 1.81. The van der Waals surface area contributed by atoms with Crippen molar-refractivity contribution in [1.29, 1.82) is 0 Å². The van der Waals surface area contributed by atoms with Gasteiger partial charge in [-0.05, 0) is 30.2 Å². The molecule has 5 heteroatoms. The Morgan fingerprint density at radius 3 is 3.06 bits per heavy atom. The van der Waals surface area contributed by atoms with Gasteiger partial charge in [0.2, 0.25) is 5.91 Å². The molecule has 0 spiro atoms. The predicted molar refractivity (Wildman–Crippen MR) is 66.9 cm³/mol. The molecule has 1 unspecified atom stereocenters. The number of hydrogen-bond donors (Lipinski definition) is 4. The van der Waals surface area contributed by atoms with E-state index >= 15 is 0 Å². The molecule has 1 amide bonds. The largest absolute Gasteiger partial charge is 0.390 e. The minimum Gasteiger partial charge on any atom is -0.390 e. The monoisotopic (exact) mass is 235 g/mol. The van der Waals surface area contributed by atoms with Crippen LogP contribution < -0.4 is 16.4 Å². The van der Waals surface area contributed by atoms with Crippen molar-refractivity contribution in [1.82, 2.24) is 0 Å². The summed E-state index contributed by atoms with van der Waals surface area (Å²) in [6, 6.07) is 5.76. The van der Waals surface area contributed by atoms with E-state index in [1.165, 1.54) is 0 Å². The third kappa shape index (κ3) is 2.95. The number of aliphatic hydroxyl groups is 1. The van der Waals surface area contributed by atoms with Gasteiger partial charge >= 0.3 is 0 Å². The second-order valence-electron chi connectivity index (χ2n) is 4.19. The Hall–Kier alpha value is -1.59. The minimum absolute atomic E-state index is 0.0664. The average Bonchev–Trinajstić information content (AvgIpc) is 2.35. The fraction of sp³-hybridized carbons (Fsp3) is 0.417. The number of nitrogens with two attached hydrogens (primary N) is 1. The van der Waals surface area contributed by atoms with Gasteiger partial charge in [-0.1, -0.05) is 0 Å². The summed E-state index contributed by atoms with van der Waals surface area (Å²) in [4.78, 5) is 11.2. The first kappa shape index (κ1) is 11.9. The SMILES string of the molecule is NCC(O)CNc1ccc2c(c1)CCC(=O)N2. The van der Waals surface area contributed by atoms with Crippen molar-refractivity contribution in [2.45, 2.75) is 18.9 Å². The molecule has 5 nitrogen and oxygen atoms in total. The number of aliphatic hydroxyl groups excluding tert-OH is 1. The van der Waals surface area contributed by atoms with Gasteiger partial charge in [0, 0.05) is 30.9 Å². The van der Waals surface area contributed by atoms with Crippen molar-refractivity contribution in [3.05, 3.63) is 23.8 Å². The van der Waals surface area contributed by atoms with E-state index in [1.807, 2.05) is 18.2 Å². The zero-order valence-corrected chi connectivity index (χ0v) is 9.57. The van der Waals surface area contributed by atoms with Crippen LogP contribution in [0.4, 0.5) is 11.4 Å². The van der Waals surface area contributed by atoms with E-state index in [4.69, 9.17) is 5.73 Å². The van der Waals surface area contributed by atoms with Crippen LogP contribution in [-0.4, -0.2) is 30.2 Å². The summed E-state index contributed by atoms with van der Waals surface area (Å²) in [5.74, 6) is 0.0664. The van der Waals surface area contributed by atoms with Gasteiger partial charge in [-0.2, -0.15) is 0 Å². The number of rotatable bonds is 4. The lowest BCUT2D eigenvalue weighted by Crippen LogP contribution is -2.27. The number of amides is 1. The van der Waals surface area contributed by atoms with Crippen molar-refractivity contribution >= 4 is 17.3 Å². The molecule has 1 heterocycles. The van der Waals surface area contributed by atoms with E-state index in [2.05, 4.69) is 10.6 Å². The summed E-state index contributed by atoms with van der Waals surface area (Å²) >= 11 is 0. The molecular weight excluding hydrogens is 218 g/mol. The number of aryl methyl sites for hydroxylation is 1. The van der Waals surface area contributed by atoms with Crippen LogP contribution in [0.25, 0.3) is 0 Å². The summed E-state index contributed by atoms with van der Waals surface area (Å²) in [5, 5.41) is 15.3. The Morgan fingerprint density at radius 2 is 2.29 bits per heavy atom. The van der Waals surface area contributed by atoms with Crippen LogP contribution in [0.3, 0.4) is 0 Å². The molecule has 1 aromatic rings. The molecule has 1 aliphatic heterocycles. The molecule has 5 N–H and O–H groups in total. The Labute approximate surface area is 100 Å². The lowest BCUT2D eigenvalue weighted by Gasteiger charge is -2.18. The average molecular weight is 235 g/mol. The zero-order chi connectivity index (χ0) is 12.3. The van der Waals surface area contributed by atoms with E-state index < -0.39 is 6.10 Å². The first-order valence-corrected chi connectivity index (χ1v) is 5.74. The second kappa shape index (κ2) is 5.16. The molecule has 0 aromatic heterocycles. The number of nitrogens with one attached hydrogen (secondary N) is 2. The quantitative estimate of drug-likeness (QED) is 0.604. The highest BCUT2D eigenvalue weighted by Gasteiger charge is 2.14. The van der Waals surface area contributed by atoms with Gasteiger partial charge in [-0.3, -0.25) is 4.79 Å². The smallest absolute Gasteiger partial charge is 0.224 e. The van der Waals surface area contributed by atoms with E-state index in [9.17, 15) is 9.90 Å². The molecule has 17 heavy (non-hydrogen) atoms. The minimum atomic E-state index is -0.536. The first-order valence-electron chi connectivity index (χ1n) is 5.74. The Kier molecular flexibility index (Phi) is 3.61. The molecule has 2 rings (SSSR count). The molecule has 0 aliphatic carbocycles. The third-order valence-electron chi connectivity index (χ3n) is 2.81. The molecular formula is C12H17N3O2. The zero-order valence-electron chi connectivity index (χ0n) is 9.57. The highest BCUT2D eigenvalue weighted by molar-refractivity contribution is 5.94. The maximum Gasteiger partial charge on any atom is 0.224 e. The molecule has 0 saturated carbocycles. The molecule has 0 fully saturated rings. The maximum atomic E-state index is 11.2. The normalized spacial score (nSPS) is 16.0. The molecule has 0 radical (unpaired) electrons. The maximum absolute atomic E-state index is 11.2. The van der Waals surface area contributed by atoms with E-state index in [-0.39, 0.29) is 12.5 Å². The van der Waals surface area contributed by atoms with Crippen LogP contribution in [0.5, 0.6) is 0 Å². The molecule has 1 aromatic carbocycles. The van der Waals surface area contributed by atoms with Crippen molar-refractivity contribution in [2.75, 3.05) is 23.7 Å². The number of hydrogen-bond acceptors (Lipinski definition) is 4. The molecule has 92 valence electrons. The Bertz CT molecular complexity index is 420. The Balaban J connectivity index is 2.04. The number of benzene rings is 1. The van der Waals surface area contributed by atoms with Crippen LogP contribution >= 0.6 is 0 Å². The van der Waals surface area contributed by atoms with Gasteiger partial charge in [-0.25, -0.2) is 0 Å². The fourth-order valence-electron chi connectivity index (χ4n) is 1.81. The van der Waals surface area contributed by atoms with Gasteiger partial charge in [-0.15, -0.1) is 0 Å². The summed E-state index contributed by atoms with van der Waals surface area (Å²) in [5.41, 5.74) is 8.27. The van der Waals surface area contributed by atoms with Crippen LogP contribution in [0.1, 0.15) is 12.0 Å². The van der Waals surface area contributed by atoms with Crippen molar-refractivity contribution < 1.29 is 9.90 Å². The summed E-state index contributed by atoms with van der Waals surface area (Å²) in [7, 11) is 0.